The normalized spacial score (nSPS) is 17.4. The quantitative estimate of drug-likeness (QED) is 0.491. The lowest BCUT2D eigenvalue weighted by Crippen LogP contribution is -2.41. The Hall–Kier alpha value is -3.18. The summed E-state index contributed by atoms with van der Waals surface area (Å²) < 4.78 is 4.89. The number of nitrogens with zero attached hydrogens (tertiary/aromatic N) is 2. The first-order valence-corrected chi connectivity index (χ1v) is 11.7. The molecule has 5 rings (SSSR count). The number of carbonyl (C=O) groups is 2. The Labute approximate surface area is 198 Å². The molecule has 33 heavy (non-hydrogen) atoms. The molecule has 1 aliphatic heterocycles. The predicted molar refractivity (Wildman–Crippen MR) is 130 cm³/mol. The van der Waals surface area contributed by atoms with Gasteiger partial charge in [-0.25, -0.2) is 4.98 Å². The molecule has 1 saturated heterocycles. The van der Waals surface area contributed by atoms with Crippen molar-refractivity contribution in [3.8, 4) is 0 Å². The van der Waals surface area contributed by atoms with Crippen LogP contribution in [0.25, 0.3) is 22.6 Å². The van der Waals surface area contributed by atoms with Gasteiger partial charge in [0.1, 0.15) is 0 Å². The fourth-order valence-electron chi connectivity index (χ4n) is 4.95. The predicted octanol–water partition coefficient (Wildman–Crippen LogP) is 5.40. The van der Waals surface area contributed by atoms with Gasteiger partial charge in [0.25, 0.3) is 5.91 Å². The van der Waals surface area contributed by atoms with E-state index in [2.05, 4.69) is 6.08 Å². The Morgan fingerprint density at radius 2 is 1.79 bits per heavy atom. The molecular formula is C27H25ClN2O3. The second kappa shape index (κ2) is 8.99. The number of para-hydroxylation sites is 1. The summed E-state index contributed by atoms with van der Waals surface area (Å²) in [4.78, 5) is 32.5. The largest absolute Gasteiger partial charge is 0.469 e. The van der Waals surface area contributed by atoms with Crippen LogP contribution in [-0.2, 0) is 16.0 Å². The average Bonchev–Trinajstić information content (AvgIpc) is 3.25. The van der Waals surface area contributed by atoms with Crippen LogP contribution in [0.1, 0.15) is 46.4 Å². The van der Waals surface area contributed by atoms with E-state index in [0.717, 1.165) is 51.7 Å². The zero-order valence-corrected chi connectivity index (χ0v) is 19.3. The number of hydrogen-bond acceptors (Lipinski definition) is 4. The Bertz CT molecular complexity index is 1280. The molecule has 3 aromatic rings. The molecule has 0 spiro atoms. The van der Waals surface area contributed by atoms with Gasteiger partial charge in [0, 0.05) is 23.5 Å². The van der Waals surface area contributed by atoms with Crippen LogP contribution >= 0.6 is 11.6 Å². The maximum Gasteiger partial charge on any atom is 0.308 e. The van der Waals surface area contributed by atoms with Gasteiger partial charge in [-0.2, -0.15) is 0 Å². The summed E-state index contributed by atoms with van der Waals surface area (Å²) >= 11 is 6.39. The van der Waals surface area contributed by atoms with Gasteiger partial charge < -0.3 is 9.64 Å². The van der Waals surface area contributed by atoms with Gasteiger partial charge in [0.05, 0.1) is 29.8 Å². The molecule has 0 atom stereocenters. The van der Waals surface area contributed by atoms with Gasteiger partial charge in [-0.3, -0.25) is 9.59 Å². The fourth-order valence-corrected chi connectivity index (χ4v) is 5.14. The van der Waals surface area contributed by atoms with E-state index in [1.54, 1.807) is 0 Å². The van der Waals surface area contributed by atoms with E-state index < -0.39 is 0 Å². The highest BCUT2D eigenvalue weighted by Gasteiger charge is 2.32. The molecular weight excluding hydrogens is 436 g/mol. The summed E-state index contributed by atoms with van der Waals surface area (Å²) in [7, 11) is 1.42. The lowest BCUT2D eigenvalue weighted by molar-refractivity contribution is -0.146. The van der Waals surface area contributed by atoms with Gasteiger partial charge in [-0.15, -0.1) is 0 Å². The topological polar surface area (TPSA) is 59.5 Å². The van der Waals surface area contributed by atoms with Crippen LogP contribution in [0.2, 0.25) is 5.02 Å². The van der Waals surface area contributed by atoms with Crippen LogP contribution in [0.4, 0.5) is 0 Å². The third-order valence-electron chi connectivity index (χ3n) is 6.71. The lowest BCUT2D eigenvalue weighted by atomic mass is 9.94. The first-order chi connectivity index (χ1) is 16.1. The van der Waals surface area contributed by atoms with E-state index in [1.165, 1.54) is 7.11 Å². The van der Waals surface area contributed by atoms with Crippen LogP contribution in [0.3, 0.4) is 0 Å². The van der Waals surface area contributed by atoms with E-state index in [0.29, 0.717) is 31.0 Å². The summed E-state index contributed by atoms with van der Waals surface area (Å²) in [5.74, 6) is -0.303. The summed E-state index contributed by atoms with van der Waals surface area (Å²) in [5.41, 5.74) is 5.51. The monoisotopic (exact) mass is 460 g/mol. The van der Waals surface area contributed by atoms with Crippen molar-refractivity contribution in [2.24, 2.45) is 5.92 Å². The summed E-state index contributed by atoms with van der Waals surface area (Å²) in [6.45, 7) is 1.10. The molecule has 0 radical (unpaired) electrons. The molecule has 5 nitrogen and oxygen atoms in total. The molecule has 6 heteroatoms. The zero-order valence-electron chi connectivity index (χ0n) is 18.5. The summed E-state index contributed by atoms with van der Waals surface area (Å²) in [6, 6.07) is 15.6. The molecule has 0 unspecified atom stereocenters. The fraction of sp³-hybridized carbons (Fsp3) is 0.296. The molecule has 1 fully saturated rings. The number of aromatic nitrogens is 1. The highest BCUT2D eigenvalue weighted by atomic mass is 35.5. The highest BCUT2D eigenvalue weighted by Crippen LogP contribution is 2.39. The number of methoxy groups -OCH3 is 1. The number of hydrogen-bond donors (Lipinski definition) is 0. The van der Waals surface area contributed by atoms with E-state index >= 15 is 0 Å². The van der Waals surface area contributed by atoms with Crippen LogP contribution < -0.4 is 0 Å². The molecule has 0 N–H and O–H groups in total. The third-order valence-corrected chi connectivity index (χ3v) is 7.05. The molecule has 168 valence electrons. The van der Waals surface area contributed by atoms with Crippen molar-refractivity contribution in [1.29, 1.82) is 0 Å². The molecule has 0 bridgehead atoms. The lowest BCUT2D eigenvalue weighted by Gasteiger charge is -2.31. The number of esters is 1. The van der Waals surface area contributed by atoms with Crippen molar-refractivity contribution in [3.63, 3.8) is 0 Å². The summed E-state index contributed by atoms with van der Waals surface area (Å²) in [5, 5.41) is 1.58. The Morgan fingerprint density at radius 1 is 1.06 bits per heavy atom. The average molecular weight is 461 g/mol. The molecule has 1 aliphatic carbocycles. The molecule has 1 amide bonds. The van der Waals surface area contributed by atoms with E-state index in [1.807, 2.05) is 53.4 Å². The maximum absolute atomic E-state index is 13.8. The number of amides is 1. The van der Waals surface area contributed by atoms with Crippen LogP contribution in [-0.4, -0.2) is 42.0 Å². The van der Waals surface area contributed by atoms with Crippen molar-refractivity contribution in [2.75, 3.05) is 20.2 Å². The number of likely N-dealkylation sites (tertiary alicyclic amines) is 1. The second-order valence-corrected chi connectivity index (χ2v) is 9.02. The molecule has 2 heterocycles. The van der Waals surface area contributed by atoms with Crippen LogP contribution in [0.15, 0.2) is 48.5 Å². The smallest absolute Gasteiger partial charge is 0.308 e. The van der Waals surface area contributed by atoms with Gasteiger partial charge >= 0.3 is 5.97 Å². The number of benzene rings is 2. The van der Waals surface area contributed by atoms with Crippen molar-refractivity contribution in [1.82, 2.24) is 9.88 Å². The minimum Gasteiger partial charge on any atom is -0.469 e. The highest BCUT2D eigenvalue weighted by molar-refractivity contribution is 6.32. The Morgan fingerprint density at radius 3 is 2.55 bits per heavy atom. The van der Waals surface area contributed by atoms with Crippen LogP contribution in [0.5, 0.6) is 0 Å². The van der Waals surface area contributed by atoms with Crippen LogP contribution in [0, 0.1) is 5.92 Å². The second-order valence-electron chi connectivity index (χ2n) is 8.61. The van der Waals surface area contributed by atoms with E-state index in [-0.39, 0.29) is 17.8 Å². The van der Waals surface area contributed by atoms with Crippen molar-refractivity contribution < 1.29 is 14.3 Å². The van der Waals surface area contributed by atoms with Crippen molar-refractivity contribution in [3.05, 3.63) is 75.9 Å². The number of halogens is 1. The number of piperidine rings is 1. The van der Waals surface area contributed by atoms with Gasteiger partial charge in [0.15, 0.2) is 0 Å². The number of ether oxygens (including phenoxy) is 1. The number of carbonyl (C=O) groups excluding carboxylic acids is 2. The SMILES string of the molecule is COC(=O)C1CCN(C(=O)c2c3c(nc4ccccc24)/C(=C/c2ccccc2Cl)CC3)CC1. The van der Waals surface area contributed by atoms with E-state index in [9.17, 15) is 9.59 Å². The number of allylic oxidation sites excluding steroid dienone is 1. The molecule has 2 aliphatic rings. The standard InChI is InChI=1S/C27H25ClN2O3/c1-33-27(32)17-12-14-30(15-13-17)26(31)24-20-7-3-5-9-23(20)29-25-19(10-11-21(24)25)16-18-6-2-4-8-22(18)28/h2-9,16-17H,10-15H2,1H3/b19-16+. The number of rotatable bonds is 3. The third kappa shape index (κ3) is 4.02. The number of fused-ring (bicyclic) bond motifs is 2. The van der Waals surface area contributed by atoms with E-state index in [4.69, 9.17) is 21.3 Å². The zero-order chi connectivity index (χ0) is 22.9. The van der Waals surface area contributed by atoms with Crippen molar-refractivity contribution in [2.45, 2.75) is 25.7 Å². The first-order valence-electron chi connectivity index (χ1n) is 11.3. The van der Waals surface area contributed by atoms with Gasteiger partial charge in [-0.1, -0.05) is 48.0 Å². The molecule has 1 aromatic heterocycles. The Kier molecular flexibility index (Phi) is 5.90. The number of pyridine rings is 1. The van der Waals surface area contributed by atoms with Gasteiger partial charge in [0.2, 0.25) is 0 Å². The van der Waals surface area contributed by atoms with Crippen molar-refractivity contribution >= 4 is 46.0 Å². The first kappa shape index (κ1) is 21.7. The van der Waals surface area contributed by atoms with Gasteiger partial charge in [-0.05, 0) is 60.6 Å². The minimum absolute atomic E-state index is 0.0205. The minimum atomic E-state index is -0.188. The molecule has 0 saturated carbocycles. The Balaban J connectivity index is 1.54. The molecule has 2 aromatic carbocycles. The maximum atomic E-state index is 13.8. The summed E-state index contributed by atoms with van der Waals surface area (Å²) in [6.07, 6.45) is 4.92.